The minimum atomic E-state index is 0.0336. The standard InChI is InChI=1S/C16H15ClO2.C10H16/c1-11-7-14(12(2)18)9-15(8-11)19-10-13-5-3-4-6-16(13)17;1-5-8-10(7-3)9(4)6-2/h3-9H,10H2,1-2H3;5-6,8H,1,7H2,2-4H3/b;9-6-,10-8-. The van der Waals surface area contributed by atoms with Gasteiger partial charge in [-0.25, -0.2) is 0 Å². The Bertz CT molecular complexity index is 891. The number of hydrogen-bond donors (Lipinski definition) is 0. The lowest BCUT2D eigenvalue weighted by Crippen LogP contribution is -1.99. The van der Waals surface area contributed by atoms with Gasteiger partial charge in [-0.05, 0) is 69.5 Å². The highest BCUT2D eigenvalue weighted by atomic mass is 35.5. The number of benzene rings is 2. The quantitative estimate of drug-likeness (QED) is 0.342. The van der Waals surface area contributed by atoms with Crippen LogP contribution in [0.5, 0.6) is 5.75 Å². The molecule has 2 aromatic carbocycles. The lowest BCUT2D eigenvalue weighted by molar-refractivity contribution is 0.101. The first kappa shape index (κ1) is 24.5. The number of hydrogen-bond acceptors (Lipinski definition) is 2. The van der Waals surface area contributed by atoms with E-state index in [9.17, 15) is 4.79 Å². The molecule has 29 heavy (non-hydrogen) atoms. The molecule has 0 radical (unpaired) electrons. The molecule has 0 aromatic heterocycles. The SMILES string of the molecule is C=C/C=C(CC)\C(C)=C/C.CC(=O)c1cc(C)cc(OCc2ccccc2Cl)c1. The van der Waals surface area contributed by atoms with Gasteiger partial charge in [-0.2, -0.15) is 0 Å². The van der Waals surface area contributed by atoms with Crippen LogP contribution in [0.2, 0.25) is 5.02 Å². The van der Waals surface area contributed by atoms with E-state index in [-0.39, 0.29) is 5.78 Å². The summed E-state index contributed by atoms with van der Waals surface area (Å²) in [6.45, 7) is 13.9. The first-order chi connectivity index (χ1) is 13.8. The lowest BCUT2D eigenvalue weighted by Gasteiger charge is -2.09. The molecule has 0 bridgehead atoms. The summed E-state index contributed by atoms with van der Waals surface area (Å²) in [7, 11) is 0. The van der Waals surface area contributed by atoms with Gasteiger partial charge in [-0.3, -0.25) is 4.79 Å². The Labute approximate surface area is 180 Å². The third-order valence-electron chi connectivity index (χ3n) is 4.45. The molecule has 0 saturated carbocycles. The molecule has 0 fully saturated rings. The first-order valence-electron chi connectivity index (χ1n) is 9.76. The summed E-state index contributed by atoms with van der Waals surface area (Å²) in [6, 6.07) is 13.1. The Morgan fingerprint density at radius 3 is 2.41 bits per heavy atom. The number of carbonyl (C=O) groups is 1. The largest absolute Gasteiger partial charge is 0.489 e. The van der Waals surface area contributed by atoms with E-state index in [1.165, 1.54) is 11.1 Å². The fourth-order valence-electron chi connectivity index (χ4n) is 2.67. The van der Waals surface area contributed by atoms with Crippen LogP contribution in [0.1, 0.15) is 55.6 Å². The number of Topliss-reactive ketones (excluding diaryl/α,β-unsaturated/α-hetero) is 1. The van der Waals surface area contributed by atoms with Gasteiger partial charge in [0.2, 0.25) is 0 Å². The van der Waals surface area contributed by atoms with Gasteiger partial charge >= 0.3 is 0 Å². The summed E-state index contributed by atoms with van der Waals surface area (Å²) < 4.78 is 5.71. The summed E-state index contributed by atoms with van der Waals surface area (Å²) in [4.78, 5) is 11.4. The summed E-state index contributed by atoms with van der Waals surface area (Å²) in [5.74, 6) is 0.719. The molecular formula is C26H31ClO2. The predicted octanol–water partition coefficient (Wildman–Crippen LogP) is 7.91. The fraction of sp³-hybridized carbons (Fsp3) is 0.269. The van der Waals surface area contributed by atoms with E-state index in [1.807, 2.05) is 49.4 Å². The molecule has 0 heterocycles. The van der Waals surface area contributed by atoms with E-state index in [2.05, 4.69) is 39.5 Å². The number of ketones is 1. The van der Waals surface area contributed by atoms with E-state index in [0.29, 0.717) is 22.9 Å². The zero-order valence-corrected chi connectivity index (χ0v) is 18.8. The van der Waals surface area contributed by atoms with Crippen LogP contribution in [-0.4, -0.2) is 5.78 Å². The lowest BCUT2D eigenvalue weighted by atomic mass is 10.1. The van der Waals surface area contributed by atoms with Crippen molar-refractivity contribution in [3.05, 3.63) is 100 Å². The molecule has 2 rings (SSSR count). The summed E-state index contributed by atoms with van der Waals surface area (Å²) in [5, 5.41) is 0.682. The van der Waals surface area contributed by atoms with Gasteiger partial charge in [0, 0.05) is 16.1 Å². The van der Waals surface area contributed by atoms with E-state index >= 15 is 0 Å². The number of allylic oxidation sites excluding steroid dienone is 5. The molecule has 2 nitrogen and oxygen atoms in total. The average Bonchev–Trinajstić information content (AvgIpc) is 2.71. The maximum absolute atomic E-state index is 11.4. The van der Waals surface area contributed by atoms with Crippen molar-refractivity contribution in [3.8, 4) is 5.75 Å². The van der Waals surface area contributed by atoms with E-state index in [0.717, 1.165) is 17.5 Å². The maximum Gasteiger partial charge on any atom is 0.159 e. The Balaban J connectivity index is 0.000000359. The number of aryl methyl sites for hydroxylation is 1. The van der Waals surface area contributed by atoms with E-state index in [4.69, 9.17) is 16.3 Å². The predicted molar refractivity (Wildman–Crippen MR) is 125 cm³/mol. The molecular weight excluding hydrogens is 380 g/mol. The Kier molecular flexibility index (Phi) is 10.8. The Morgan fingerprint density at radius 1 is 1.17 bits per heavy atom. The van der Waals surface area contributed by atoms with Crippen LogP contribution in [0.3, 0.4) is 0 Å². The smallest absolute Gasteiger partial charge is 0.159 e. The van der Waals surface area contributed by atoms with Crippen molar-refractivity contribution < 1.29 is 9.53 Å². The third-order valence-corrected chi connectivity index (χ3v) is 4.82. The van der Waals surface area contributed by atoms with Gasteiger partial charge in [0.15, 0.2) is 5.78 Å². The van der Waals surface area contributed by atoms with Crippen molar-refractivity contribution >= 4 is 17.4 Å². The van der Waals surface area contributed by atoms with Crippen molar-refractivity contribution in [2.24, 2.45) is 0 Å². The monoisotopic (exact) mass is 410 g/mol. The second-order valence-corrected chi connectivity index (χ2v) is 7.13. The van der Waals surface area contributed by atoms with Crippen LogP contribution in [0.4, 0.5) is 0 Å². The summed E-state index contributed by atoms with van der Waals surface area (Å²) in [5.41, 5.74) is 5.31. The van der Waals surface area contributed by atoms with E-state index in [1.54, 1.807) is 13.0 Å². The molecule has 154 valence electrons. The molecule has 0 aliphatic heterocycles. The Morgan fingerprint density at radius 2 is 1.86 bits per heavy atom. The van der Waals surface area contributed by atoms with Crippen molar-refractivity contribution in [2.45, 2.75) is 47.6 Å². The zero-order valence-electron chi connectivity index (χ0n) is 18.1. The molecule has 0 unspecified atom stereocenters. The van der Waals surface area contributed by atoms with E-state index < -0.39 is 0 Å². The zero-order chi connectivity index (χ0) is 21.8. The molecule has 0 saturated heterocycles. The minimum Gasteiger partial charge on any atom is -0.489 e. The summed E-state index contributed by atoms with van der Waals surface area (Å²) >= 11 is 6.07. The van der Waals surface area contributed by atoms with Gasteiger partial charge in [-0.15, -0.1) is 0 Å². The van der Waals surface area contributed by atoms with Gasteiger partial charge in [0.25, 0.3) is 0 Å². The van der Waals surface area contributed by atoms with Gasteiger partial charge < -0.3 is 4.74 Å². The number of ether oxygens (including phenoxy) is 1. The van der Waals surface area contributed by atoms with Crippen molar-refractivity contribution in [1.29, 1.82) is 0 Å². The highest BCUT2D eigenvalue weighted by Crippen LogP contribution is 2.21. The number of carbonyl (C=O) groups excluding carboxylic acids is 1. The van der Waals surface area contributed by atoms with Crippen molar-refractivity contribution in [2.75, 3.05) is 0 Å². The third kappa shape index (κ3) is 8.53. The molecule has 0 amide bonds. The highest BCUT2D eigenvalue weighted by molar-refractivity contribution is 6.31. The van der Waals surface area contributed by atoms with Crippen LogP contribution in [-0.2, 0) is 6.61 Å². The average molecular weight is 411 g/mol. The topological polar surface area (TPSA) is 26.3 Å². The molecule has 0 N–H and O–H groups in total. The minimum absolute atomic E-state index is 0.0336. The maximum atomic E-state index is 11.4. The van der Waals surface area contributed by atoms with Crippen LogP contribution in [0, 0.1) is 6.92 Å². The molecule has 0 spiro atoms. The second kappa shape index (κ2) is 12.8. The number of halogens is 1. The van der Waals surface area contributed by atoms with Crippen molar-refractivity contribution in [3.63, 3.8) is 0 Å². The molecule has 0 aliphatic rings. The number of rotatable bonds is 7. The highest BCUT2D eigenvalue weighted by Gasteiger charge is 2.05. The van der Waals surface area contributed by atoms with Crippen LogP contribution < -0.4 is 4.74 Å². The fourth-order valence-corrected chi connectivity index (χ4v) is 2.86. The summed E-state index contributed by atoms with van der Waals surface area (Å²) in [6.07, 6.45) is 7.11. The second-order valence-electron chi connectivity index (χ2n) is 6.72. The van der Waals surface area contributed by atoms with Gasteiger partial charge in [0.05, 0.1) is 0 Å². The van der Waals surface area contributed by atoms with Crippen LogP contribution in [0.25, 0.3) is 0 Å². The first-order valence-corrected chi connectivity index (χ1v) is 10.1. The normalized spacial score (nSPS) is 11.4. The van der Waals surface area contributed by atoms with Gasteiger partial charge in [0.1, 0.15) is 12.4 Å². The Hall–Kier alpha value is -2.58. The van der Waals surface area contributed by atoms with Gasteiger partial charge in [-0.1, -0.05) is 67.1 Å². The molecule has 0 atom stereocenters. The van der Waals surface area contributed by atoms with Crippen molar-refractivity contribution in [1.82, 2.24) is 0 Å². The molecule has 2 aromatic rings. The van der Waals surface area contributed by atoms with Crippen LogP contribution in [0.15, 0.2) is 78.4 Å². The molecule has 3 heteroatoms. The molecule has 0 aliphatic carbocycles. The van der Waals surface area contributed by atoms with Crippen LogP contribution >= 0.6 is 11.6 Å².